The Kier molecular flexibility index (Phi) is 3.50. The van der Waals surface area contributed by atoms with Gasteiger partial charge in [0.15, 0.2) is 0 Å². The van der Waals surface area contributed by atoms with Crippen LogP contribution in [-0.4, -0.2) is 14.1 Å². The first-order valence-corrected chi connectivity index (χ1v) is 8.39. The summed E-state index contributed by atoms with van der Waals surface area (Å²) in [4.78, 5) is 0.800. The molecule has 1 unspecified atom stereocenters. The summed E-state index contributed by atoms with van der Waals surface area (Å²) in [6, 6.07) is 17.3. The maximum absolute atomic E-state index is 13.0. The van der Waals surface area contributed by atoms with E-state index in [0.717, 1.165) is 28.9 Å². The van der Waals surface area contributed by atoms with Crippen molar-refractivity contribution in [2.75, 3.05) is 0 Å². The highest BCUT2D eigenvalue weighted by molar-refractivity contribution is 7.87. The molecule has 2 aromatic carbocycles. The van der Waals surface area contributed by atoms with Crippen LogP contribution in [0.3, 0.4) is 0 Å². The highest BCUT2D eigenvalue weighted by Crippen LogP contribution is 2.55. The first-order valence-electron chi connectivity index (χ1n) is 7.24. The minimum absolute atomic E-state index is 0.566. The van der Waals surface area contributed by atoms with Crippen molar-refractivity contribution in [1.82, 2.24) is 0 Å². The maximum Gasteiger partial charge on any atom is 0.104 e. The molecule has 1 aliphatic carbocycles. The monoisotopic (exact) mass is 300 g/mol. The second kappa shape index (κ2) is 5.08. The minimum atomic E-state index is -1.21. The van der Waals surface area contributed by atoms with E-state index in [1.165, 1.54) is 0 Å². The predicted octanol–water partition coefficient (Wildman–Crippen LogP) is 3.54. The Morgan fingerprint density at radius 1 is 1.05 bits per heavy atom. The van der Waals surface area contributed by atoms with Crippen molar-refractivity contribution in [3.8, 4) is 0 Å². The molecule has 0 saturated heterocycles. The third kappa shape index (κ3) is 2.34. The lowest BCUT2D eigenvalue weighted by molar-refractivity contribution is 0.0449. The second-order valence-corrected chi connectivity index (χ2v) is 7.80. The molecule has 0 aromatic heterocycles. The lowest BCUT2D eigenvalue weighted by Gasteiger charge is -2.33. The summed E-state index contributed by atoms with van der Waals surface area (Å²) in [6.07, 6.45) is 1.57. The Balaban J connectivity index is 1.97. The molecule has 0 amide bonds. The van der Waals surface area contributed by atoms with Gasteiger partial charge in [-0.15, -0.1) is 0 Å². The number of hydrogen-bond donors (Lipinski definition) is 1. The molecule has 1 N–H and O–H groups in total. The summed E-state index contributed by atoms with van der Waals surface area (Å²) in [5, 5.41) is 11.1. The molecular formula is C18H20O2S. The van der Waals surface area contributed by atoms with Gasteiger partial charge in [0.1, 0.15) is 5.60 Å². The summed E-state index contributed by atoms with van der Waals surface area (Å²) < 4.78 is 12.4. The Morgan fingerprint density at radius 3 is 2.14 bits per heavy atom. The first kappa shape index (κ1) is 14.5. The largest absolute Gasteiger partial charge is 0.384 e. The normalized spacial score (nSPS) is 20.5. The van der Waals surface area contributed by atoms with Crippen LogP contribution in [0.15, 0.2) is 59.5 Å². The molecule has 0 radical (unpaired) electrons. The predicted molar refractivity (Wildman–Crippen MR) is 85.6 cm³/mol. The number of rotatable bonds is 4. The van der Waals surface area contributed by atoms with Gasteiger partial charge in [-0.25, -0.2) is 0 Å². The van der Waals surface area contributed by atoms with Crippen LogP contribution in [-0.2, 0) is 16.4 Å². The van der Waals surface area contributed by atoms with Crippen LogP contribution < -0.4 is 0 Å². The van der Waals surface area contributed by atoms with Gasteiger partial charge in [-0.3, -0.25) is 4.21 Å². The second-order valence-electron chi connectivity index (χ2n) is 6.01. The van der Waals surface area contributed by atoms with E-state index >= 15 is 0 Å². The van der Waals surface area contributed by atoms with Crippen LogP contribution in [0.1, 0.15) is 30.9 Å². The van der Waals surface area contributed by atoms with Crippen LogP contribution in [0.25, 0.3) is 0 Å². The van der Waals surface area contributed by atoms with Crippen LogP contribution in [0, 0.1) is 6.92 Å². The van der Waals surface area contributed by atoms with Gasteiger partial charge in [-0.05, 0) is 44.4 Å². The van der Waals surface area contributed by atoms with E-state index in [9.17, 15) is 9.32 Å². The van der Waals surface area contributed by atoms with Gasteiger partial charge in [-0.2, -0.15) is 0 Å². The Morgan fingerprint density at radius 2 is 1.62 bits per heavy atom. The molecule has 3 rings (SSSR count). The van der Waals surface area contributed by atoms with Crippen LogP contribution in [0.2, 0.25) is 0 Å². The lowest BCUT2D eigenvalue weighted by atomic mass is 9.90. The molecule has 1 saturated carbocycles. The molecule has 1 fully saturated rings. The lowest BCUT2D eigenvalue weighted by Crippen LogP contribution is -2.42. The van der Waals surface area contributed by atoms with Gasteiger partial charge in [0, 0.05) is 4.90 Å². The number of aliphatic hydroxyl groups is 1. The fraction of sp³-hybridized carbons (Fsp3) is 0.333. The molecule has 2 aromatic rings. The smallest absolute Gasteiger partial charge is 0.104 e. The van der Waals surface area contributed by atoms with E-state index in [-0.39, 0.29) is 0 Å². The molecule has 110 valence electrons. The standard InChI is InChI=1S/C18H20O2S/c1-14-8-10-16(11-9-14)21(20)18(12-13-18)17(2,19)15-6-4-3-5-7-15/h3-11,19H,12-13H2,1-2H3/t17?,21-/m0/s1. The quantitative estimate of drug-likeness (QED) is 0.937. The zero-order valence-electron chi connectivity index (χ0n) is 12.4. The van der Waals surface area contributed by atoms with E-state index in [1.54, 1.807) is 6.92 Å². The summed E-state index contributed by atoms with van der Waals surface area (Å²) >= 11 is 0. The average Bonchev–Trinajstić information content (AvgIpc) is 3.30. The highest BCUT2D eigenvalue weighted by atomic mass is 32.2. The fourth-order valence-electron chi connectivity index (χ4n) is 2.88. The van der Waals surface area contributed by atoms with Crippen LogP contribution in [0.4, 0.5) is 0 Å². The Labute approximate surface area is 128 Å². The van der Waals surface area contributed by atoms with Gasteiger partial charge in [0.2, 0.25) is 0 Å². The van der Waals surface area contributed by atoms with E-state index in [0.29, 0.717) is 0 Å². The summed E-state index contributed by atoms with van der Waals surface area (Å²) in [6.45, 7) is 3.81. The molecule has 3 heteroatoms. The Bertz CT molecular complexity index is 655. The van der Waals surface area contributed by atoms with Gasteiger partial charge in [0.25, 0.3) is 0 Å². The summed E-state index contributed by atoms with van der Waals surface area (Å²) in [7, 11) is -1.21. The zero-order chi connectivity index (χ0) is 15.1. The van der Waals surface area contributed by atoms with E-state index in [1.807, 2.05) is 61.5 Å². The van der Waals surface area contributed by atoms with Crippen molar-refractivity contribution in [3.63, 3.8) is 0 Å². The SMILES string of the molecule is Cc1ccc([S@](=O)C2(C(C)(O)c3ccccc3)CC2)cc1. The van der Waals surface area contributed by atoms with Gasteiger partial charge >= 0.3 is 0 Å². The van der Waals surface area contributed by atoms with Gasteiger partial charge < -0.3 is 5.11 Å². The maximum atomic E-state index is 13.0. The van der Waals surface area contributed by atoms with Gasteiger partial charge in [-0.1, -0.05) is 48.0 Å². The average molecular weight is 300 g/mol. The summed E-state index contributed by atoms with van der Waals surface area (Å²) in [5.41, 5.74) is 0.905. The van der Waals surface area contributed by atoms with Crippen molar-refractivity contribution >= 4 is 10.8 Å². The summed E-state index contributed by atoms with van der Waals surface area (Å²) in [5.74, 6) is 0. The molecular weight excluding hydrogens is 280 g/mol. The molecule has 1 aliphatic rings. The first-order chi connectivity index (χ1) is 9.97. The molecule has 21 heavy (non-hydrogen) atoms. The zero-order valence-corrected chi connectivity index (χ0v) is 13.2. The van der Waals surface area contributed by atoms with E-state index in [4.69, 9.17) is 0 Å². The van der Waals surface area contributed by atoms with Crippen molar-refractivity contribution in [1.29, 1.82) is 0 Å². The van der Waals surface area contributed by atoms with Crippen molar-refractivity contribution in [2.45, 2.75) is 41.9 Å². The minimum Gasteiger partial charge on any atom is -0.384 e. The molecule has 2 atom stereocenters. The molecule has 2 nitrogen and oxygen atoms in total. The third-order valence-corrected chi connectivity index (χ3v) is 6.73. The van der Waals surface area contributed by atoms with Crippen LogP contribution in [0.5, 0.6) is 0 Å². The van der Waals surface area contributed by atoms with E-state index < -0.39 is 21.1 Å². The van der Waals surface area contributed by atoms with Gasteiger partial charge in [0.05, 0.1) is 15.5 Å². The van der Waals surface area contributed by atoms with E-state index in [2.05, 4.69) is 0 Å². The molecule has 0 heterocycles. The van der Waals surface area contributed by atoms with Crippen molar-refractivity contribution in [2.24, 2.45) is 0 Å². The highest BCUT2D eigenvalue weighted by Gasteiger charge is 2.61. The Hall–Kier alpha value is -1.45. The molecule has 0 spiro atoms. The topological polar surface area (TPSA) is 37.3 Å². The molecule has 0 aliphatic heterocycles. The third-order valence-electron chi connectivity index (χ3n) is 4.52. The van der Waals surface area contributed by atoms with Crippen LogP contribution >= 0.6 is 0 Å². The van der Waals surface area contributed by atoms with Crippen molar-refractivity contribution < 1.29 is 9.32 Å². The number of benzene rings is 2. The van der Waals surface area contributed by atoms with Crippen molar-refractivity contribution in [3.05, 3.63) is 65.7 Å². The fourth-order valence-corrected chi connectivity index (χ4v) is 4.67. The number of hydrogen-bond acceptors (Lipinski definition) is 2. The number of aryl methyl sites for hydroxylation is 1. The molecule has 0 bridgehead atoms.